The van der Waals surface area contributed by atoms with Gasteiger partial charge in [-0.2, -0.15) is 0 Å². The van der Waals surface area contributed by atoms with Crippen LogP contribution in [-0.4, -0.2) is 98.0 Å². The Morgan fingerprint density at radius 1 is 1.39 bits per heavy atom. The highest BCUT2D eigenvalue weighted by Crippen LogP contribution is 2.43. The Morgan fingerprint density at radius 2 is 2.03 bits per heavy atom. The van der Waals surface area contributed by atoms with Crippen LogP contribution in [0.2, 0.25) is 0 Å². The van der Waals surface area contributed by atoms with Crippen LogP contribution in [0, 0.1) is 5.92 Å². The quantitative estimate of drug-likeness (QED) is 0.222. The molecule has 0 aromatic heterocycles. The Kier molecular flexibility index (Phi) is 10.1. The van der Waals surface area contributed by atoms with Gasteiger partial charge in [0.15, 0.2) is 0 Å². The van der Waals surface area contributed by atoms with Crippen molar-refractivity contribution in [2.24, 2.45) is 5.92 Å². The second-order valence-corrected chi connectivity index (χ2v) is 11.1. The molecule has 0 aliphatic carbocycles. The Morgan fingerprint density at radius 3 is 2.55 bits per heavy atom. The van der Waals surface area contributed by atoms with Crippen LogP contribution in [-0.2, 0) is 18.6 Å². The lowest BCUT2D eigenvalue weighted by atomic mass is 9.92. The van der Waals surface area contributed by atoms with Crippen molar-refractivity contribution in [2.75, 3.05) is 19.8 Å². The molecule has 2 saturated heterocycles. The second kappa shape index (κ2) is 11.5. The minimum absolute atomic E-state index is 0.256. The van der Waals surface area contributed by atoms with Crippen molar-refractivity contribution in [3.63, 3.8) is 0 Å². The van der Waals surface area contributed by atoms with Gasteiger partial charge < -0.3 is 30.1 Å². The molecule has 0 aromatic rings. The summed E-state index contributed by atoms with van der Waals surface area (Å²) in [5.74, 6) is 0.167. The third kappa shape index (κ3) is 7.02. The monoisotopic (exact) mass is 504 g/mol. The number of nitrogens with one attached hydrogen (secondary N) is 1. The second-order valence-electron chi connectivity index (χ2n) is 8.30. The van der Waals surface area contributed by atoms with E-state index in [2.05, 4.69) is 16.8 Å². The number of phosphoric acid groups is 1. The number of aliphatic hydroxyl groups excluding tert-OH is 2. The van der Waals surface area contributed by atoms with E-state index >= 15 is 0 Å². The predicted octanol–water partition coefficient (Wildman–Crippen LogP) is 0.506. The molecule has 0 aromatic carbocycles. The maximum absolute atomic E-state index is 13.0. The maximum atomic E-state index is 13.0. The first-order valence-corrected chi connectivity index (χ1v) is 13.6. The molecule has 0 radical (unpaired) electrons. The zero-order chi connectivity index (χ0) is 23.5. The van der Waals surface area contributed by atoms with Crippen molar-refractivity contribution in [3.8, 4) is 0 Å². The molecule has 2 fully saturated rings. The summed E-state index contributed by atoms with van der Waals surface area (Å²) in [6.07, 6.45) is -1.47. The predicted molar refractivity (Wildman–Crippen MR) is 118 cm³/mol. The highest BCUT2D eigenvalue weighted by Gasteiger charge is 2.51. The average Bonchev–Trinajstić information content (AvgIpc) is 3.03. The Labute approximate surface area is 192 Å². The van der Waals surface area contributed by atoms with Crippen molar-refractivity contribution in [2.45, 2.75) is 80.4 Å². The summed E-state index contributed by atoms with van der Waals surface area (Å²) < 4.78 is 21.8. The van der Waals surface area contributed by atoms with Gasteiger partial charge in [-0.1, -0.05) is 13.3 Å². The van der Waals surface area contributed by atoms with Crippen molar-refractivity contribution in [3.05, 3.63) is 0 Å². The van der Waals surface area contributed by atoms with Gasteiger partial charge in [0.1, 0.15) is 29.9 Å². The van der Waals surface area contributed by atoms with Crippen LogP contribution in [0.25, 0.3) is 0 Å². The molecule has 31 heavy (non-hydrogen) atoms. The number of halogens is 1. The topological polar surface area (TPSA) is 149 Å². The number of rotatable bonds is 9. The number of ether oxygens (including phenoxy) is 1. The molecule has 0 unspecified atom stereocenters. The van der Waals surface area contributed by atoms with Crippen LogP contribution in [0.3, 0.4) is 0 Å². The fourth-order valence-corrected chi connectivity index (χ4v) is 5.83. The molecule has 5 N–H and O–H groups in total. The number of likely N-dealkylation sites (tertiary alicyclic amines) is 1. The van der Waals surface area contributed by atoms with E-state index in [1.54, 1.807) is 13.2 Å². The summed E-state index contributed by atoms with van der Waals surface area (Å²) in [5, 5.41) is 23.3. The lowest BCUT2D eigenvalue weighted by Gasteiger charge is -2.45. The van der Waals surface area contributed by atoms with Gasteiger partial charge in [-0.05, 0) is 39.0 Å². The first-order valence-electron chi connectivity index (χ1n) is 10.3. The van der Waals surface area contributed by atoms with Gasteiger partial charge in [0.25, 0.3) is 0 Å². The van der Waals surface area contributed by atoms with Crippen molar-refractivity contribution >= 4 is 37.1 Å². The van der Waals surface area contributed by atoms with E-state index in [1.165, 1.54) is 0 Å². The summed E-state index contributed by atoms with van der Waals surface area (Å²) in [6.45, 7) is 4.54. The largest absolute Gasteiger partial charge is 0.470 e. The van der Waals surface area contributed by atoms with Crippen LogP contribution in [0.15, 0.2) is 0 Å². The van der Waals surface area contributed by atoms with Crippen LogP contribution in [0.5, 0.6) is 0 Å². The minimum Gasteiger partial charge on any atom is -0.387 e. The summed E-state index contributed by atoms with van der Waals surface area (Å²) in [4.78, 5) is 33.4. The zero-order valence-corrected chi connectivity index (χ0v) is 20.6. The summed E-state index contributed by atoms with van der Waals surface area (Å²) >= 11 is 7.42. The number of thioether (sulfide) groups is 1. The molecule has 10 nitrogen and oxygen atoms in total. The third-order valence-corrected chi connectivity index (χ3v) is 7.51. The standard InChI is InChI=1S/C18H34ClN2O8PS/c1-5-6-10-7-11(21(3)8-10)17(24)20-12(9(2)19)15-13(22)16(29-30(25,26)27)14(23)18(28-15)31-4/h9-16,18,22-23H,5-8H2,1-4H3,(H,20,24)(H2,25,26,27)/t9-,10+,11-,12+,13-,14+,15+,16-,18+/m0/s1. The zero-order valence-electron chi connectivity index (χ0n) is 18.1. The molecule has 0 saturated carbocycles. The summed E-state index contributed by atoms with van der Waals surface area (Å²) in [6, 6.07) is -1.23. The number of likely N-dealkylation sites (N-methyl/N-ethyl adjacent to an activating group) is 1. The van der Waals surface area contributed by atoms with E-state index in [0.29, 0.717) is 12.3 Å². The number of amides is 1. The lowest BCUT2D eigenvalue weighted by molar-refractivity contribution is -0.201. The number of aliphatic hydroxyl groups is 2. The lowest BCUT2D eigenvalue weighted by Crippen LogP contribution is -2.65. The Balaban J connectivity index is 2.20. The van der Waals surface area contributed by atoms with Gasteiger partial charge in [-0.15, -0.1) is 23.4 Å². The molecule has 2 heterocycles. The van der Waals surface area contributed by atoms with Gasteiger partial charge in [-0.3, -0.25) is 14.2 Å². The van der Waals surface area contributed by atoms with Gasteiger partial charge in [0, 0.05) is 6.54 Å². The smallest absolute Gasteiger partial charge is 0.387 e. The number of carbonyl (C=O) groups excluding carboxylic acids is 1. The minimum atomic E-state index is -5.00. The van der Waals surface area contributed by atoms with Gasteiger partial charge >= 0.3 is 7.82 Å². The normalized spacial score (nSPS) is 36.9. The molecule has 9 atom stereocenters. The Bertz CT molecular complexity index is 656. The van der Waals surface area contributed by atoms with Crippen molar-refractivity contribution in [1.82, 2.24) is 10.2 Å². The highest BCUT2D eigenvalue weighted by atomic mass is 35.5. The van der Waals surface area contributed by atoms with Gasteiger partial charge in [0.2, 0.25) is 5.91 Å². The molecule has 2 rings (SSSR count). The van der Waals surface area contributed by atoms with Crippen LogP contribution in [0.1, 0.15) is 33.1 Å². The van der Waals surface area contributed by atoms with Crippen LogP contribution in [0.4, 0.5) is 0 Å². The van der Waals surface area contributed by atoms with Gasteiger partial charge in [-0.25, -0.2) is 4.57 Å². The first-order chi connectivity index (χ1) is 14.4. The van der Waals surface area contributed by atoms with E-state index in [0.717, 1.165) is 31.1 Å². The van der Waals surface area contributed by atoms with E-state index in [9.17, 15) is 29.4 Å². The molecule has 1 amide bonds. The van der Waals surface area contributed by atoms with Crippen molar-refractivity contribution in [1.29, 1.82) is 0 Å². The molecule has 182 valence electrons. The van der Waals surface area contributed by atoms with E-state index < -0.39 is 49.1 Å². The number of alkyl halides is 1. The molecular weight excluding hydrogens is 471 g/mol. The van der Waals surface area contributed by atoms with E-state index in [-0.39, 0.29) is 11.9 Å². The molecular formula is C18H34ClN2O8PS. The maximum Gasteiger partial charge on any atom is 0.470 e. The molecule has 13 heteroatoms. The number of nitrogens with zero attached hydrogens (tertiary/aromatic N) is 1. The molecule has 0 bridgehead atoms. The molecule has 2 aliphatic rings. The number of hydrogen-bond donors (Lipinski definition) is 5. The SMILES string of the molecule is CCC[C@@H]1C[C@@H](C(=O)N[C@@H]([C@H]2O[C@H](SC)[C@H](O)[C@@H](OP(=O)(O)O)[C@H]2O)[C@H](C)Cl)N(C)C1. The summed E-state index contributed by atoms with van der Waals surface area (Å²) in [5.41, 5.74) is -0.942. The fraction of sp³-hybridized carbons (Fsp3) is 0.944. The average molecular weight is 505 g/mol. The summed E-state index contributed by atoms with van der Waals surface area (Å²) in [7, 11) is -3.12. The highest BCUT2D eigenvalue weighted by molar-refractivity contribution is 7.99. The number of hydrogen-bond acceptors (Lipinski definition) is 8. The van der Waals surface area contributed by atoms with Crippen molar-refractivity contribution < 1.29 is 38.6 Å². The van der Waals surface area contributed by atoms with E-state index in [1.807, 2.05) is 11.9 Å². The molecule has 0 spiro atoms. The first kappa shape index (κ1) is 27.3. The van der Waals surface area contributed by atoms with Crippen LogP contribution < -0.4 is 5.32 Å². The number of carbonyl (C=O) groups is 1. The fourth-order valence-electron chi connectivity index (χ4n) is 4.38. The van der Waals surface area contributed by atoms with E-state index in [4.69, 9.17) is 16.3 Å². The van der Waals surface area contributed by atoms with Gasteiger partial charge in [0.05, 0.1) is 17.5 Å². The van der Waals surface area contributed by atoms with Crippen LogP contribution >= 0.6 is 31.2 Å². The Hall–Kier alpha value is 0.0600. The number of phosphoric ester groups is 1. The third-order valence-electron chi connectivity index (χ3n) is 5.86. The molecule has 2 aliphatic heterocycles.